The smallest absolute Gasteiger partial charge is 0.330 e. The van der Waals surface area contributed by atoms with Gasteiger partial charge in [0.15, 0.2) is 0 Å². The van der Waals surface area contributed by atoms with Crippen LogP contribution in [0.4, 0.5) is 0 Å². The third-order valence-electron chi connectivity index (χ3n) is 2.43. The standard InChI is InChI=1S/C10H18N2O2/c1-9(10(13)14)3-7-12-6-2-4-11-5-8-12/h3,11H,2,4-8H2,1H3,(H,13,14)/b9-3+. The molecule has 4 heteroatoms. The van der Waals surface area contributed by atoms with Gasteiger partial charge < -0.3 is 10.4 Å². The van der Waals surface area contributed by atoms with E-state index in [0.717, 1.165) is 39.1 Å². The summed E-state index contributed by atoms with van der Waals surface area (Å²) in [4.78, 5) is 12.8. The molecule has 0 radical (unpaired) electrons. The number of nitrogens with zero attached hydrogens (tertiary/aromatic N) is 1. The van der Waals surface area contributed by atoms with Crippen molar-refractivity contribution in [2.24, 2.45) is 0 Å². The van der Waals surface area contributed by atoms with Crippen molar-refractivity contribution in [1.29, 1.82) is 0 Å². The normalized spacial score (nSPS) is 20.5. The maximum absolute atomic E-state index is 10.5. The third kappa shape index (κ3) is 3.89. The van der Waals surface area contributed by atoms with Gasteiger partial charge in [0.1, 0.15) is 0 Å². The molecule has 0 aromatic carbocycles. The highest BCUT2D eigenvalue weighted by atomic mass is 16.4. The highest BCUT2D eigenvalue weighted by Crippen LogP contribution is 1.98. The zero-order valence-electron chi connectivity index (χ0n) is 8.62. The lowest BCUT2D eigenvalue weighted by Gasteiger charge is -2.16. The van der Waals surface area contributed by atoms with Crippen LogP contribution in [0.15, 0.2) is 11.6 Å². The molecule has 14 heavy (non-hydrogen) atoms. The average molecular weight is 198 g/mol. The first-order chi connectivity index (χ1) is 6.70. The molecular formula is C10H18N2O2. The van der Waals surface area contributed by atoms with Crippen molar-refractivity contribution in [1.82, 2.24) is 10.2 Å². The van der Waals surface area contributed by atoms with Gasteiger partial charge in [0.25, 0.3) is 0 Å². The summed E-state index contributed by atoms with van der Waals surface area (Å²) in [6.07, 6.45) is 2.92. The van der Waals surface area contributed by atoms with Gasteiger partial charge in [0.05, 0.1) is 0 Å². The van der Waals surface area contributed by atoms with E-state index in [4.69, 9.17) is 5.11 Å². The van der Waals surface area contributed by atoms with Gasteiger partial charge in [-0.25, -0.2) is 4.79 Å². The number of hydrogen-bond acceptors (Lipinski definition) is 3. The maximum atomic E-state index is 10.5. The molecule has 1 fully saturated rings. The molecule has 0 atom stereocenters. The van der Waals surface area contributed by atoms with Crippen LogP contribution in [0.1, 0.15) is 13.3 Å². The molecule has 0 aliphatic carbocycles. The van der Waals surface area contributed by atoms with Gasteiger partial charge in [0.2, 0.25) is 0 Å². The quantitative estimate of drug-likeness (QED) is 0.641. The Morgan fingerprint density at radius 3 is 3.00 bits per heavy atom. The first kappa shape index (κ1) is 11.2. The number of rotatable bonds is 3. The van der Waals surface area contributed by atoms with Crippen LogP contribution in [0.3, 0.4) is 0 Å². The van der Waals surface area contributed by atoms with E-state index < -0.39 is 5.97 Å². The third-order valence-corrected chi connectivity index (χ3v) is 2.43. The summed E-state index contributed by atoms with van der Waals surface area (Å²) < 4.78 is 0. The Morgan fingerprint density at radius 2 is 2.29 bits per heavy atom. The Balaban J connectivity index is 2.35. The Labute approximate surface area is 84.6 Å². The first-order valence-corrected chi connectivity index (χ1v) is 5.03. The van der Waals surface area contributed by atoms with Gasteiger partial charge in [-0.1, -0.05) is 6.08 Å². The van der Waals surface area contributed by atoms with E-state index in [1.54, 1.807) is 13.0 Å². The number of hydrogen-bond donors (Lipinski definition) is 2. The van der Waals surface area contributed by atoms with E-state index in [1.165, 1.54) is 0 Å². The van der Waals surface area contributed by atoms with Gasteiger partial charge in [0, 0.05) is 25.2 Å². The molecule has 1 rings (SSSR count). The van der Waals surface area contributed by atoms with Crippen molar-refractivity contribution in [3.05, 3.63) is 11.6 Å². The minimum Gasteiger partial charge on any atom is -0.478 e. The first-order valence-electron chi connectivity index (χ1n) is 5.03. The van der Waals surface area contributed by atoms with Crippen LogP contribution in [-0.4, -0.2) is 48.7 Å². The largest absolute Gasteiger partial charge is 0.478 e. The molecule has 0 aromatic heterocycles. The van der Waals surface area contributed by atoms with Crippen LogP contribution in [-0.2, 0) is 4.79 Å². The van der Waals surface area contributed by atoms with Crippen LogP contribution in [0.5, 0.6) is 0 Å². The fraction of sp³-hybridized carbons (Fsp3) is 0.700. The second-order valence-electron chi connectivity index (χ2n) is 3.60. The van der Waals surface area contributed by atoms with Crippen molar-refractivity contribution in [3.8, 4) is 0 Å². The zero-order valence-corrected chi connectivity index (χ0v) is 8.62. The predicted molar refractivity (Wildman–Crippen MR) is 55.3 cm³/mol. The SMILES string of the molecule is C/C(=C\CN1CCCNCC1)C(=O)O. The number of nitrogens with one attached hydrogen (secondary N) is 1. The lowest BCUT2D eigenvalue weighted by atomic mass is 10.2. The summed E-state index contributed by atoms with van der Waals surface area (Å²) >= 11 is 0. The summed E-state index contributed by atoms with van der Waals surface area (Å²) in [5.74, 6) is -0.821. The molecule has 0 amide bonds. The van der Waals surface area contributed by atoms with Gasteiger partial charge in [-0.2, -0.15) is 0 Å². The van der Waals surface area contributed by atoms with Crippen LogP contribution in [0.25, 0.3) is 0 Å². The van der Waals surface area contributed by atoms with Crippen LogP contribution in [0.2, 0.25) is 0 Å². The highest BCUT2D eigenvalue weighted by Gasteiger charge is 2.07. The van der Waals surface area contributed by atoms with Gasteiger partial charge >= 0.3 is 5.97 Å². The molecule has 0 unspecified atom stereocenters. The molecule has 1 aliphatic rings. The zero-order chi connectivity index (χ0) is 10.4. The van der Waals surface area contributed by atoms with E-state index in [0.29, 0.717) is 5.57 Å². The van der Waals surface area contributed by atoms with Crippen molar-refractivity contribution >= 4 is 5.97 Å². The highest BCUT2D eigenvalue weighted by molar-refractivity contribution is 5.85. The lowest BCUT2D eigenvalue weighted by molar-refractivity contribution is -0.132. The average Bonchev–Trinajstić information content (AvgIpc) is 2.42. The van der Waals surface area contributed by atoms with E-state index in [1.807, 2.05) is 0 Å². The summed E-state index contributed by atoms with van der Waals surface area (Å²) in [6, 6.07) is 0. The molecule has 0 saturated carbocycles. The Kier molecular flexibility index (Phi) is 4.62. The van der Waals surface area contributed by atoms with Crippen LogP contribution >= 0.6 is 0 Å². The number of carboxylic acid groups (broad SMARTS) is 1. The minimum absolute atomic E-state index is 0.433. The maximum Gasteiger partial charge on any atom is 0.330 e. The molecule has 0 spiro atoms. The molecule has 0 bridgehead atoms. The molecule has 80 valence electrons. The summed E-state index contributed by atoms with van der Waals surface area (Å²) in [5, 5.41) is 12.0. The number of carbonyl (C=O) groups is 1. The fourth-order valence-corrected chi connectivity index (χ4v) is 1.44. The minimum atomic E-state index is -0.821. The Hall–Kier alpha value is -0.870. The van der Waals surface area contributed by atoms with E-state index >= 15 is 0 Å². The molecule has 4 nitrogen and oxygen atoms in total. The van der Waals surface area contributed by atoms with Crippen molar-refractivity contribution < 1.29 is 9.90 Å². The second-order valence-corrected chi connectivity index (χ2v) is 3.60. The predicted octanol–water partition coefficient (Wildman–Crippen LogP) is 0.313. The molecule has 1 saturated heterocycles. The van der Waals surface area contributed by atoms with E-state index in [9.17, 15) is 4.79 Å². The van der Waals surface area contributed by atoms with Crippen molar-refractivity contribution in [2.75, 3.05) is 32.7 Å². The monoisotopic (exact) mass is 198 g/mol. The van der Waals surface area contributed by atoms with Crippen molar-refractivity contribution in [3.63, 3.8) is 0 Å². The molecular weight excluding hydrogens is 180 g/mol. The van der Waals surface area contributed by atoms with E-state index in [-0.39, 0.29) is 0 Å². The van der Waals surface area contributed by atoms with E-state index in [2.05, 4.69) is 10.2 Å². The lowest BCUT2D eigenvalue weighted by Crippen LogP contribution is -2.28. The van der Waals surface area contributed by atoms with Crippen molar-refractivity contribution in [2.45, 2.75) is 13.3 Å². The van der Waals surface area contributed by atoms with Crippen LogP contribution in [0, 0.1) is 0 Å². The van der Waals surface area contributed by atoms with Gasteiger partial charge in [-0.05, 0) is 26.4 Å². The molecule has 1 aliphatic heterocycles. The fourth-order valence-electron chi connectivity index (χ4n) is 1.44. The summed E-state index contributed by atoms with van der Waals surface area (Å²) in [7, 11) is 0. The number of carboxylic acids is 1. The topological polar surface area (TPSA) is 52.6 Å². The van der Waals surface area contributed by atoms with Crippen LogP contribution < -0.4 is 5.32 Å². The summed E-state index contributed by atoms with van der Waals surface area (Å²) in [5.41, 5.74) is 0.433. The van der Waals surface area contributed by atoms with Gasteiger partial charge in [-0.3, -0.25) is 4.90 Å². The summed E-state index contributed by atoms with van der Waals surface area (Å²) in [6.45, 7) is 6.51. The Bertz CT molecular complexity index is 218. The Morgan fingerprint density at radius 1 is 1.50 bits per heavy atom. The second kappa shape index (κ2) is 5.78. The number of aliphatic carboxylic acids is 1. The molecule has 2 N–H and O–H groups in total. The molecule has 1 heterocycles. The molecule has 0 aromatic rings. The van der Waals surface area contributed by atoms with Gasteiger partial charge in [-0.15, -0.1) is 0 Å².